The summed E-state index contributed by atoms with van der Waals surface area (Å²) >= 11 is 0. The third-order valence-electron chi connectivity index (χ3n) is 3.24. The molecular formula is C14H20O3S. The van der Waals surface area contributed by atoms with E-state index in [-0.39, 0.29) is 0 Å². The third kappa shape index (κ3) is 2.82. The number of hydrogen-bond acceptors (Lipinski definition) is 3. The van der Waals surface area contributed by atoms with Crippen LogP contribution in [0.15, 0.2) is 29.2 Å². The standard InChI is InChI=1S/C14H20O3S/c1-3-4-9-14(16-10-11-17-14)12-5-7-13(8-6-12)18(2)15/h5-8H,3-4,9-11H2,1-2H3. The van der Waals surface area contributed by atoms with E-state index in [0.717, 1.165) is 29.7 Å². The van der Waals surface area contributed by atoms with Crippen molar-refractivity contribution < 1.29 is 13.7 Å². The van der Waals surface area contributed by atoms with Crippen molar-refractivity contribution in [1.29, 1.82) is 0 Å². The van der Waals surface area contributed by atoms with Crippen LogP contribution >= 0.6 is 0 Å². The summed E-state index contributed by atoms with van der Waals surface area (Å²) in [5.41, 5.74) is 1.03. The first-order chi connectivity index (χ1) is 8.68. The second-order valence-electron chi connectivity index (χ2n) is 4.53. The van der Waals surface area contributed by atoms with Crippen LogP contribution in [-0.4, -0.2) is 23.7 Å². The van der Waals surface area contributed by atoms with E-state index in [1.807, 2.05) is 24.3 Å². The van der Waals surface area contributed by atoms with E-state index in [0.29, 0.717) is 13.2 Å². The van der Waals surface area contributed by atoms with Gasteiger partial charge in [0.2, 0.25) is 0 Å². The van der Waals surface area contributed by atoms with E-state index < -0.39 is 16.6 Å². The molecule has 3 nitrogen and oxygen atoms in total. The molecule has 18 heavy (non-hydrogen) atoms. The van der Waals surface area contributed by atoms with Crippen LogP contribution in [-0.2, 0) is 26.1 Å². The zero-order valence-electron chi connectivity index (χ0n) is 11.0. The molecule has 0 aliphatic carbocycles. The van der Waals surface area contributed by atoms with Crippen molar-refractivity contribution >= 4 is 10.8 Å². The van der Waals surface area contributed by atoms with Crippen molar-refractivity contribution in [2.24, 2.45) is 0 Å². The monoisotopic (exact) mass is 268 g/mol. The Morgan fingerprint density at radius 1 is 1.22 bits per heavy atom. The lowest BCUT2D eigenvalue weighted by Crippen LogP contribution is -2.27. The first-order valence-electron chi connectivity index (χ1n) is 6.40. The predicted molar refractivity (Wildman–Crippen MR) is 71.9 cm³/mol. The Morgan fingerprint density at radius 2 is 1.83 bits per heavy atom. The molecule has 1 aromatic carbocycles. The summed E-state index contributed by atoms with van der Waals surface area (Å²) in [6.07, 6.45) is 4.75. The molecule has 2 rings (SSSR count). The van der Waals surface area contributed by atoms with Crippen molar-refractivity contribution in [3.05, 3.63) is 29.8 Å². The van der Waals surface area contributed by atoms with Gasteiger partial charge in [-0.3, -0.25) is 4.21 Å². The number of hydrogen-bond donors (Lipinski definition) is 0. The minimum atomic E-state index is -0.939. The molecule has 4 heteroatoms. The molecule has 1 fully saturated rings. The van der Waals surface area contributed by atoms with E-state index in [4.69, 9.17) is 9.47 Å². The van der Waals surface area contributed by atoms with Crippen LogP contribution in [0.2, 0.25) is 0 Å². The molecule has 0 bridgehead atoms. The maximum Gasteiger partial charge on any atom is 0.194 e. The fourth-order valence-corrected chi connectivity index (χ4v) is 2.74. The summed E-state index contributed by atoms with van der Waals surface area (Å²) in [7, 11) is -0.939. The van der Waals surface area contributed by atoms with Gasteiger partial charge in [0.05, 0.1) is 13.2 Å². The molecule has 0 saturated carbocycles. The van der Waals surface area contributed by atoms with E-state index in [1.54, 1.807) is 6.26 Å². The highest BCUT2D eigenvalue weighted by molar-refractivity contribution is 7.84. The lowest BCUT2D eigenvalue weighted by molar-refractivity contribution is -0.171. The average Bonchev–Trinajstić information content (AvgIpc) is 2.86. The summed E-state index contributed by atoms with van der Waals surface area (Å²) in [6.45, 7) is 3.45. The van der Waals surface area contributed by atoms with Crippen LogP contribution in [0, 0.1) is 0 Å². The van der Waals surface area contributed by atoms with E-state index in [2.05, 4.69) is 6.92 Å². The molecule has 1 heterocycles. The highest BCUT2D eigenvalue weighted by Crippen LogP contribution is 2.36. The molecule has 1 unspecified atom stereocenters. The first kappa shape index (κ1) is 13.7. The highest BCUT2D eigenvalue weighted by Gasteiger charge is 2.37. The molecule has 1 atom stereocenters. The van der Waals surface area contributed by atoms with Gasteiger partial charge in [-0.15, -0.1) is 0 Å². The quantitative estimate of drug-likeness (QED) is 0.823. The summed E-state index contributed by atoms with van der Waals surface area (Å²) in [4.78, 5) is 0.836. The Hall–Kier alpha value is -0.710. The summed E-state index contributed by atoms with van der Waals surface area (Å²) in [5.74, 6) is -0.580. The summed E-state index contributed by atoms with van der Waals surface area (Å²) in [5, 5.41) is 0. The first-order valence-corrected chi connectivity index (χ1v) is 7.95. The zero-order valence-corrected chi connectivity index (χ0v) is 11.8. The minimum Gasteiger partial charge on any atom is -0.343 e. The molecule has 1 aliphatic heterocycles. The Kier molecular flexibility index (Phi) is 4.54. The Labute approximate surface area is 111 Å². The van der Waals surface area contributed by atoms with Gasteiger partial charge in [-0.05, 0) is 18.6 Å². The van der Waals surface area contributed by atoms with Gasteiger partial charge >= 0.3 is 0 Å². The number of unbranched alkanes of at least 4 members (excludes halogenated alkanes) is 1. The van der Waals surface area contributed by atoms with Crippen molar-refractivity contribution in [2.75, 3.05) is 19.5 Å². The van der Waals surface area contributed by atoms with Crippen LogP contribution in [0.3, 0.4) is 0 Å². The average molecular weight is 268 g/mol. The van der Waals surface area contributed by atoms with Crippen LogP contribution in [0.1, 0.15) is 31.7 Å². The lowest BCUT2D eigenvalue weighted by atomic mass is 10.00. The van der Waals surface area contributed by atoms with E-state index in [1.165, 1.54) is 0 Å². The van der Waals surface area contributed by atoms with E-state index in [9.17, 15) is 4.21 Å². The number of rotatable bonds is 5. The molecule has 100 valence electrons. The maximum absolute atomic E-state index is 11.4. The molecular weight excluding hydrogens is 248 g/mol. The Bertz CT molecular complexity index is 408. The normalized spacial score (nSPS) is 19.9. The summed E-state index contributed by atoms with van der Waals surface area (Å²) in [6, 6.07) is 7.73. The van der Waals surface area contributed by atoms with Gasteiger partial charge in [-0.1, -0.05) is 25.5 Å². The molecule has 0 radical (unpaired) electrons. The summed E-state index contributed by atoms with van der Waals surface area (Å²) < 4.78 is 23.0. The van der Waals surface area contributed by atoms with Crippen LogP contribution < -0.4 is 0 Å². The number of ether oxygens (including phenoxy) is 2. The molecule has 0 spiro atoms. The Morgan fingerprint density at radius 3 is 2.33 bits per heavy atom. The van der Waals surface area contributed by atoms with Crippen molar-refractivity contribution in [1.82, 2.24) is 0 Å². The highest BCUT2D eigenvalue weighted by atomic mass is 32.2. The van der Waals surface area contributed by atoms with Gasteiger partial charge in [-0.25, -0.2) is 0 Å². The molecule has 0 aromatic heterocycles. The van der Waals surface area contributed by atoms with Gasteiger partial charge < -0.3 is 9.47 Å². The van der Waals surface area contributed by atoms with Crippen LogP contribution in [0.5, 0.6) is 0 Å². The molecule has 0 N–H and O–H groups in total. The second-order valence-corrected chi connectivity index (χ2v) is 5.91. The fourth-order valence-electron chi connectivity index (χ4n) is 2.22. The van der Waals surface area contributed by atoms with Gasteiger partial charge in [0, 0.05) is 33.9 Å². The van der Waals surface area contributed by atoms with Crippen LogP contribution in [0.4, 0.5) is 0 Å². The maximum atomic E-state index is 11.4. The topological polar surface area (TPSA) is 35.5 Å². The predicted octanol–water partition coefficient (Wildman–Crippen LogP) is 2.81. The fraction of sp³-hybridized carbons (Fsp3) is 0.571. The van der Waals surface area contributed by atoms with E-state index >= 15 is 0 Å². The minimum absolute atomic E-state index is 0.580. The van der Waals surface area contributed by atoms with Crippen molar-refractivity contribution in [3.63, 3.8) is 0 Å². The zero-order chi connectivity index (χ0) is 13.0. The van der Waals surface area contributed by atoms with Gasteiger partial charge in [0.1, 0.15) is 0 Å². The molecule has 1 saturated heterocycles. The van der Waals surface area contributed by atoms with Crippen LogP contribution in [0.25, 0.3) is 0 Å². The smallest absolute Gasteiger partial charge is 0.194 e. The number of benzene rings is 1. The lowest BCUT2D eigenvalue weighted by Gasteiger charge is -2.28. The Balaban J connectivity index is 2.22. The molecule has 1 aromatic rings. The van der Waals surface area contributed by atoms with Gasteiger partial charge in [-0.2, -0.15) is 0 Å². The molecule has 1 aliphatic rings. The van der Waals surface area contributed by atoms with Crippen molar-refractivity contribution in [3.8, 4) is 0 Å². The van der Waals surface area contributed by atoms with Gasteiger partial charge in [0.15, 0.2) is 5.79 Å². The third-order valence-corrected chi connectivity index (χ3v) is 4.18. The largest absolute Gasteiger partial charge is 0.343 e. The second kappa shape index (κ2) is 5.95. The molecule has 0 amide bonds. The van der Waals surface area contributed by atoms with Crippen molar-refractivity contribution in [2.45, 2.75) is 36.9 Å². The SMILES string of the molecule is CCCCC1(c2ccc(S(C)=O)cc2)OCCO1. The van der Waals surface area contributed by atoms with Gasteiger partial charge in [0.25, 0.3) is 0 Å².